The standard InChI is InChI=1S/C29H36N4O5S/c1-18-14-19(2)23(26(34)36-6)16-22(18)24-17-25(33-27(30)32-24)39-21-11-9-10-20(15-21)37-13-8-7-12-31-28(35)38-29(3,4)5/h9-11,14-17H,7-8,12-13H2,1-6H3,(H,31,35)(H2,30,32,33). The fraction of sp³-hybridized carbons (Fsp3) is 0.379. The minimum absolute atomic E-state index is 0.141. The molecule has 0 radical (unpaired) electrons. The zero-order chi connectivity index (χ0) is 28.6. The second-order valence-electron chi connectivity index (χ2n) is 9.98. The van der Waals surface area contributed by atoms with E-state index in [1.807, 2.05) is 71.0 Å². The van der Waals surface area contributed by atoms with Crippen LogP contribution in [0.25, 0.3) is 11.3 Å². The number of aromatic nitrogens is 2. The fourth-order valence-electron chi connectivity index (χ4n) is 3.76. The number of hydrogen-bond acceptors (Lipinski definition) is 9. The molecule has 3 N–H and O–H groups in total. The average Bonchev–Trinajstić information content (AvgIpc) is 2.84. The monoisotopic (exact) mass is 552 g/mol. The second-order valence-corrected chi connectivity index (χ2v) is 11.1. The third kappa shape index (κ3) is 9.17. The van der Waals surface area contributed by atoms with Crippen molar-refractivity contribution in [1.29, 1.82) is 0 Å². The van der Waals surface area contributed by atoms with Gasteiger partial charge < -0.3 is 25.3 Å². The largest absolute Gasteiger partial charge is 0.494 e. The average molecular weight is 553 g/mol. The lowest BCUT2D eigenvalue weighted by atomic mass is 9.98. The van der Waals surface area contributed by atoms with Gasteiger partial charge in [-0.3, -0.25) is 0 Å². The smallest absolute Gasteiger partial charge is 0.407 e. The lowest BCUT2D eigenvalue weighted by Crippen LogP contribution is -2.33. The number of rotatable bonds is 10. The summed E-state index contributed by atoms with van der Waals surface area (Å²) in [6.07, 6.45) is 1.14. The number of nitrogens with one attached hydrogen (secondary N) is 1. The Morgan fingerprint density at radius 1 is 1.03 bits per heavy atom. The van der Waals surface area contributed by atoms with Gasteiger partial charge in [-0.2, -0.15) is 0 Å². The molecule has 10 heteroatoms. The number of nitrogens with two attached hydrogens (primary N) is 1. The molecule has 0 bridgehead atoms. The number of hydrogen-bond donors (Lipinski definition) is 2. The molecule has 3 rings (SSSR count). The van der Waals surface area contributed by atoms with Crippen molar-refractivity contribution < 1.29 is 23.8 Å². The number of carbonyl (C=O) groups excluding carboxylic acids is 2. The maximum atomic E-state index is 12.2. The van der Waals surface area contributed by atoms with Crippen molar-refractivity contribution in [3.63, 3.8) is 0 Å². The summed E-state index contributed by atoms with van der Waals surface area (Å²) in [4.78, 5) is 33.7. The normalized spacial score (nSPS) is 11.1. The van der Waals surface area contributed by atoms with Gasteiger partial charge in [0.25, 0.3) is 0 Å². The number of amides is 1. The lowest BCUT2D eigenvalue weighted by Gasteiger charge is -2.19. The predicted molar refractivity (Wildman–Crippen MR) is 152 cm³/mol. The SMILES string of the molecule is COC(=O)c1cc(-c2cc(Sc3cccc(OCCCCNC(=O)OC(C)(C)C)c3)nc(N)n2)c(C)cc1C. The molecular weight excluding hydrogens is 516 g/mol. The number of nitrogens with zero attached hydrogens (tertiary/aromatic N) is 2. The summed E-state index contributed by atoms with van der Waals surface area (Å²) >= 11 is 1.44. The minimum atomic E-state index is -0.511. The van der Waals surface area contributed by atoms with E-state index in [4.69, 9.17) is 19.9 Å². The molecule has 9 nitrogen and oxygen atoms in total. The number of carbonyl (C=O) groups is 2. The number of esters is 1. The van der Waals surface area contributed by atoms with E-state index in [0.717, 1.165) is 40.2 Å². The molecule has 3 aromatic rings. The first-order valence-electron chi connectivity index (χ1n) is 12.7. The first-order chi connectivity index (χ1) is 18.4. The molecule has 0 aliphatic rings. The lowest BCUT2D eigenvalue weighted by molar-refractivity contribution is 0.0525. The fourth-order valence-corrected chi connectivity index (χ4v) is 4.63. The Morgan fingerprint density at radius 3 is 2.51 bits per heavy atom. The van der Waals surface area contributed by atoms with Crippen molar-refractivity contribution in [3.05, 3.63) is 59.2 Å². The maximum Gasteiger partial charge on any atom is 0.407 e. The highest BCUT2D eigenvalue weighted by Crippen LogP contribution is 2.33. The van der Waals surface area contributed by atoms with Crippen LogP contribution < -0.4 is 15.8 Å². The second kappa shape index (κ2) is 13.3. The summed E-state index contributed by atoms with van der Waals surface area (Å²) < 4.78 is 16.1. The van der Waals surface area contributed by atoms with E-state index < -0.39 is 17.7 Å². The molecule has 0 saturated heterocycles. The van der Waals surface area contributed by atoms with Crippen LogP contribution in [0, 0.1) is 13.8 Å². The molecule has 0 aliphatic heterocycles. The molecule has 0 atom stereocenters. The van der Waals surface area contributed by atoms with Crippen LogP contribution in [0.3, 0.4) is 0 Å². The Hall–Kier alpha value is -3.79. The molecule has 0 spiro atoms. The summed E-state index contributed by atoms with van der Waals surface area (Å²) in [5.74, 6) is 0.475. The number of nitrogen functional groups attached to an aromatic ring is 1. The Morgan fingerprint density at radius 2 is 1.79 bits per heavy atom. The molecule has 2 aromatic carbocycles. The Kier molecular flexibility index (Phi) is 10.2. The van der Waals surface area contributed by atoms with Crippen LogP contribution in [0.15, 0.2) is 52.4 Å². The molecule has 208 valence electrons. The molecule has 0 unspecified atom stereocenters. The van der Waals surface area contributed by atoms with Crippen molar-refractivity contribution in [1.82, 2.24) is 15.3 Å². The van der Waals surface area contributed by atoms with Crippen LogP contribution in [-0.2, 0) is 9.47 Å². The first-order valence-corrected chi connectivity index (χ1v) is 13.5. The third-order valence-corrected chi connectivity index (χ3v) is 6.42. The van der Waals surface area contributed by atoms with Gasteiger partial charge in [0.05, 0.1) is 25.0 Å². The molecule has 1 heterocycles. The zero-order valence-corrected chi connectivity index (χ0v) is 24.1. The van der Waals surface area contributed by atoms with E-state index in [1.165, 1.54) is 18.9 Å². The molecule has 0 aliphatic carbocycles. The van der Waals surface area contributed by atoms with E-state index >= 15 is 0 Å². The van der Waals surface area contributed by atoms with Crippen molar-refractivity contribution in [2.45, 2.75) is 63.0 Å². The zero-order valence-electron chi connectivity index (χ0n) is 23.3. The van der Waals surface area contributed by atoms with Crippen LogP contribution in [0.5, 0.6) is 5.75 Å². The van der Waals surface area contributed by atoms with Gasteiger partial charge in [0, 0.05) is 17.0 Å². The van der Waals surface area contributed by atoms with Gasteiger partial charge in [-0.05, 0) is 88.9 Å². The third-order valence-electron chi connectivity index (χ3n) is 5.51. The number of ether oxygens (including phenoxy) is 3. The molecule has 0 saturated carbocycles. The summed E-state index contributed by atoms with van der Waals surface area (Å²) in [6, 6.07) is 13.3. The quantitative estimate of drug-likeness (QED) is 0.178. The molecule has 39 heavy (non-hydrogen) atoms. The highest BCUT2D eigenvalue weighted by Gasteiger charge is 2.16. The Balaban J connectivity index is 1.62. The highest BCUT2D eigenvalue weighted by atomic mass is 32.2. The molecule has 0 fully saturated rings. The van der Waals surface area contributed by atoms with Crippen molar-refractivity contribution in [2.24, 2.45) is 0 Å². The van der Waals surface area contributed by atoms with Crippen LogP contribution >= 0.6 is 11.8 Å². The number of anilines is 1. The van der Waals surface area contributed by atoms with Gasteiger partial charge in [-0.15, -0.1) is 0 Å². The first kappa shape index (κ1) is 29.8. The van der Waals surface area contributed by atoms with Crippen LogP contribution in [-0.4, -0.2) is 47.9 Å². The number of benzene rings is 2. The minimum Gasteiger partial charge on any atom is -0.494 e. The summed E-state index contributed by atoms with van der Waals surface area (Å²) in [5.41, 5.74) is 9.23. The Bertz CT molecular complexity index is 1320. The van der Waals surface area contributed by atoms with E-state index in [2.05, 4.69) is 15.3 Å². The van der Waals surface area contributed by atoms with Crippen molar-refractivity contribution in [3.8, 4) is 17.0 Å². The molecule has 1 amide bonds. The summed E-state index contributed by atoms with van der Waals surface area (Å²) in [5, 5.41) is 3.42. The summed E-state index contributed by atoms with van der Waals surface area (Å²) in [6.45, 7) is 10.4. The van der Waals surface area contributed by atoms with E-state index in [0.29, 0.717) is 29.4 Å². The number of methoxy groups -OCH3 is 1. The van der Waals surface area contributed by atoms with Gasteiger partial charge in [0.15, 0.2) is 0 Å². The highest BCUT2D eigenvalue weighted by molar-refractivity contribution is 7.99. The van der Waals surface area contributed by atoms with Gasteiger partial charge in [-0.1, -0.05) is 23.9 Å². The van der Waals surface area contributed by atoms with Crippen molar-refractivity contribution in [2.75, 3.05) is 26.0 Å². The molecule has 1 aromatic heterocycles. The van der Waals surface area contributed by atoms with Crippen LogP contribution in [0.4, 0.5) is 10.7 Å². The van der Waals surface area contributed by atoms with Gasteiger partial charge in [0.2, 0.25) is 5.95 Å². The number of aryl methyl sites for hydroxylation is 2. The topological polar surface area (TPSA) is 126 Å². The number of unbranched alkanes of at least 4 members (excludes halogenated alkanes) is 1. The molecular formula is C29H36N4O5S. The Labute approximate surface area is 233 Å². The van der Waals surface area contributed by atoms with Crippen LogP contribution in [0.2, 0.25) is 0 Å². The van der Waals surface area contributed by atoms with E-state index in [1.54, 1.807) is 6.07 Å². The van der Waals surface area contributed by atoms with Crippen molar-refractivity contribution >= 4 is 29.8 Å². The van der Waals surface area contributed by atoms with Gasteiger partial charge in [0.1, 0.15) is 16.4 Å². The van der Waals surface area contributed by atoms with E-state index in [9.17, 15) is 9.59 Å². The van der Waals surface area contributed by atoms with E-state index in [-0.39, 0.29) is 5.95 Å². The van der Waals surface area contributed by atoms with Crippen LogP contribution in [0.1, 0.15) is 55.1 Å². The van der Waals surface area contributed by atoms with Gasteiger partial charge in [-0.25, -0.2) is 19.6 Å². The maximum absolute atomic E-state index is 12.2. The summed E-state index contributed by atoms with van der Waals surface area (Å²) in [7, 11) is 1.36. The van der Waals surface area contributed by atoms with Gasteiger partial charge >= 0.3 is 12.1 Å². The number of alkyl carbamates (subject to hydrolysis) is 1. The predicted octanol–water partition coefficient (Wildman–Crippen LogP) is 5.96.